The van der Waals surface area contributed by atoms with E-state index in [0.29, 0.717) is 0 Å². The molecule has 0 atom stereocenters. The summed E-state index contributed by atoms with van der Waals surface area (Å²) in [4.78, 5) is 2.61. The molecule has 0 N–H and O–H groups in total. The third-order valence-corrected chi connectivity index (χ3v) is 3.14. The molecule has 1 saturated carbocycles. The van der Waals surface area contributed by atoms with Gasteiger partial charge in [0.15, 0.2) is 0 Å². The molecule has 58 valence electrons. The van der Waals surface area contributed by atoms with Crippen LogP contribution >= 0.6 is 0 Å². The lowest BCUT2D eigenvalue weighted by Crippen LogP contribution is -2.36. The number of piperidine rings is 1. The van der Waals surface area contributed by atoms with Gasteiger partial charge in [-0.2, -0.15) is 0 Å². The Morgan fingerprint density at radius 1 is 1.30 bits per heavy atom. The molecule has 1 heteroatoms. The zero-order chi connectivity index (χ0) is 7.03. The van der Waals surface area contributed by atoms with E-state index in [-0.39, 0.29) is 0 Å². The van der Waals surface area contributed by atoms with Crippen molar-refractivity contribution in [1.29, 1.82) is 0 Å². The predicted molar refractivity (Wildman–Crippen MR) is 43.0 cm³/mol. The maximum absolute atomic E-state index is 2.61. The van der Waals surface area contributed by atoms with Crippen LogP contribution in [0.3, 0.4) is 0 Å². The monoisotopic (exact) mass is 139 g/mol. The Morgan fingerprint density at radius 3 is 2.70 bits per heavy atom. The Morgan fingerprint density at radius 2 is 2.10 bits per heavy atom. The fraction of sp³-hybridized carbons (Fsp3) is 1.00. The second kappa shape index (κ2) is 2.23. The van der Waals surface area contributed by atoms with Crippen molar-refractivity contribution >= 4 is 0 Å². The van der Waals surface area contributed by atoms with Gasteiger partial charge in [-0.1, -0.05) is 6.92 Å². The first kappa shape index (κ1) is 6.66. The summed E-state index contributed by atoms with van der Waals surface area (Å²) in [6, 6.07) is 0. The van der Waals surface area contributed by atoms with E-state index < -0.39 is 0 Å². The molecule has 0 radical (unpaired) electrons. The first-order chi connectivity index (χ1) is 4.85. The Balaban J connectivity index is 1.91. The molecule has 1 saturated heterocycles. The lowest BCUT2D eigenvalue weighted by Gasteiger charge is -2.31. The van der Waals surface area contributed by atoms with Gasteiger partial charge in [0.2, 0.25) is 0 Å². The maximum atomic E-state index is 2.61. The Labute approximate surface area is 63.4 Å². The fourth-order valence-electron chi connectivity index (χ4n) is 2.16. The first-order valence-corrected chi connectivity index (χ1v) is 4.57. The maximum Gasteiger partial charge on any atom is 0.00379 e. The van der Waals surface area contributed by atoms with Crippen molar-refractivity contribution in [1.82, 2.24) is 4.90 Å². The summed E-state index contributed by atoms with van der Waals surface area (Å²) in [5.74, 6) is 0. The second-order valence-corrected chi connectivity index (χ2v) is 3.97. The Kier molecular flexibility index (Phi) is 1.48. The van der Waals surface area contributed by atoms with Crippen molar-refractivity contribution in [3.63, 3.8) is 0 Å². The molecule has 2 rings (SSSR count). The largest absolute Gasteiger partial charge is 0.303 e. The topological polar surface area (TPSA) is 3.24 Å². The van der Waals surface area contributed by atoms with Gasteiger partial charge in [-0.05, 0) is 44.2 Å². The molecule has 2 fully saturated rings. The van der Waals surface area contributed by atoms with Gasteiger partial charge >= 0.3 is 0 Å². The van der Waals surface area contributed by atoms with Crippen LogP contribution < -0.4 is 0 Å². The predicted octanol–water partition coefficient (Wildman–Crippen LogP) is 1.88. The van der Waals surface area contributed by atoms with E-state index in [0.717, 1.165) is 5.41 Å². The molecule has 0 bridgehead atoms. The van der Waals surface area contributed by atoms with Crippen LogP contribution in [-0.2, 0) is 0 Å². The SMILES string of the molecule is CCN1CCCC2(CC2)C1. The lowest BCUT2D eigenvalue weighted by atomic mass is 9.95. The zero-order valence-electron chi connectivity index (χ0n) is 6.90. The van der Waals surface area contributed by atoms with E-state index in [1.807, 2.05) is 0 Å². The molecule has 0 aromatic heterocycles. The third-order valence-electron chi connectivity index (χ3n) is 3.14. The molecule has 1 aliphatic heterocycles. The Bertz CT molecular complexity index is 127. The normalized spacial score (nSPS) is 30.9. The van der Waals surface area contributed by atoms with Crippen LogP contribution in [0.1, 0.15) is 32.6 Å². The lowest BCUT2D eigenvalue weighted by molar-refractivity contribution is 0.169. The van der Waals surface area contributed by atoms with Gasteiger partial charge in [-0.3, -0.25) is 0 Å². The van der Waals surface area contributed by atoms with Gasteiger partial charge < -0.3 is 4.90 Å². The van der Waals surface area contributed by atoms with E-state index in [1.165, 1.54) is 45.3 Å². The first-order valence-electron chi connectivity index (χ1n) is 4.57. The molecule has 1 spiro atoms. The second-order valence-electron chi connectivity index (χ2n) is 3.97. The van der Waals surface area contributed by atoms with Gasteiger partial charge in [0.05, 0.1) is 0 Å². The minimum Gasteiger partial charge on any atom is -0.303 e. The highest BCUT2D eigenvalue weighted by molar-refractivity contribution is 4.97. The smallest absolute Gasteiger partial charge is 0.00379 e. The van der Waals surface area contributed by atoms with Crippen LogP contribution in [-0.4, -0.2) is 24.5 Å². The number of likely N-dealkylation sites (tertiary alicyclic amines) is 1. The molecule has 0 aromatic carbocycles. The van der Waals surface area contributed by atoms with Gasteiger partial charge in [0, 0.05) is 6.54 Å². The minimum absolute atomic E-state index is 0.828. The molecule has 10 heavy (non-hydrogen) atoms. The van der Waals surface area contributed by atoms with Gasteiger partial charge in [-0.25, -0.2) is 0 Å². The van der Waals surface area contributed by atoms with E-state index in [9.17, 15) is 0 Å². The van der Waals surface area contributed by atoms with Crippen LogP contribution in [0.25, 0.3) is 0 Å². The van der Waals surface area contributed by atoms with Crippen molar-refractivity contribution in [3.8, 4) is 0 Å². The average molecular weight is 139 g/mol. The summed E-state index contributed by atoms with van der Waals surface area (Å²) in [5.41, 5.74) is 0.828. The quantitative estimate of drug-likeness (QED) is 0.536. The summed E-state index contributed by atoms with van der Waals surface area (Å²) in [6.07, 6.45) is 6.00. The molecule has 1 heterocycles. The molecule has 2 aliphatic rings. The standard InChI is InChI=1S/C9H17N/c1-2-10-7-3-4-9(8-10)5-6-9/h2-8H2,1H3. The number of hydrogen-bond donors (Lipinski definition) is 0. The highest BCUT2D eigenvalue weighted by atomic mass is 15.1. The van der Waals surface area contributed by atoms with E-state index in [4.69, 9.17) is 0 Å². The van der Waals surface area contributed by atoms with E-state index in [1.54, 1.807) is 0 Å². The summed E-state index contributed by atoms with van der Waals surface area (Å²) < 4.78 is 0. The summed E-state index contributed by atoms with van der Waals surface area (Å²) in [5, 5.41) is 0. The van der Waals surface area contributed by atoms with Gasteiger partial charge in [-0.15, -0.1) is 0 Å². The molecule has 0 aromatic rings. The highest BCUT2D eigenvalue weighted by Gasteiger charge is 2.44. The molecule has 0 amide bonds. The fourth-order valence-corrected chi connectivity index (χ4v) is 2.16. The van der Waals surface area contributed by atoms with Crippen molar-refractivity contribution in [3.05, 3.63) is 0 Å². The molecular formula is C9H17N. The van der Waals surface area contributed by atoms with Crippen molar-refractivity contribution in [2.75, 3.05) is 19.6 Å². The van der Waals surface area contributed by atoms with Crippen LogP contribution in [0.15, 0.2) is 0 Å². The molecular weight excluding hydrogens is 122 g/mol. The van der Waals surface area contributed by atoms with Crippen LogP contribution in [0.5, 0.6) is 0 Å². The van der Waals surface area contributed by atoms with Crippen molar-refractivity contribution < 1.29 is 0 Å². The van der Waals surface area contributed by atoms with Gasteiger partial charge in [0.1, 0.15) is 0 Å². The van der Waals surface area contributed by atoms with E-state index >= 15 is 0 Å². The number of rotatable bonds is 1. The average Bonchev–Trinajstić information content (AvgIpc) is 2.70. The van der Waals surface area contributed by atoms with Crippen molar-refractivity contribution in [2.24, 2.45) is 5.41 Å². The van der Waals surface area contributed by atoms with E-state index in [2.05, 4.69) is 11.8 Å². The highest BCUT2D eigenvalue weighted by Crippen LogP contribution is 2.51. The molecule has 1 aliphatic carbocycles. The van der Waals surface area contributed by atoms with Crippen LogP contribution in [0.4, 0.5) is 0 Å². The van der Waals surface area contributed by atoms with Crippen molar-refractivity contribution in [2.45, 2.75) is 32.6 Å². The zero-order valence-corrected chi connectivity index (χ0v) is 6.90. The Hall–Kier alpha value is -0.0400. The number of hydrogen-bond acceptors (Lipinski definition) is 1. The third kappa shape index (κ3) is 1.07. The van der Waals surface area contributed by atoms with Gasteiger partial charge in [0.25, 0.3) is 0 Å². The summed E-state index contributed by atoms with van der Waals surface area (Å²) in [6.45, 7) is 6.31. The molecule has 0 unspecified atom stereocenters. The van der Waals surface area contributed by atoms with Crippen LogP contribution in [0, 0.1) is 5.41 Å². The summed E-state index contributed by atoms with van der Waals surface area (Å²) in [7, 11) is 0. The minimum atomic E-state index is 0.828. The van der Waals surface area contributed by atoms with Crippen LogP contribution in [0.2, 0.25) is 0 Å². The summed E-state index contributed by atoms with van der Waals surface area (Å²) >= 11 is 0. The molecule has 1 nitrogen and oxygen atoms in total. The number of nitrogens with zero attached hydrogens (tertiary/aromatic N) is 1.